The summed E-state index contributed by atoms with van der Waals surface area (Å²) in [6, 6.07) is 0. The summed E-state index contributed by atoms with van der Waals surface area (Å²) >= 11 is 0. The summed E-state index contributed by atoms with van der Waals surface area (Å²) in [6.07, 6.45) is -0.0574. The van der Waals surface area contributed by atoms with Gasteiger partial charge in [0.1, 0.15) is 0 Å². The Kier molecular flexibility index (Phi) is 8.90. The maximum absolute atomic E-state index is 11.4. The Hall–Kier alpha value is -2.66. The molecule has 0 rings (SSSR count). The summed E-state index contributed by atoms with van der Waals surface area (Å²) in [4.78, 5) is 43.3. The quantitative estimate of drug-likeness (QED) is 0.258. The lowest BCUT2D eigenvalue weighted by Crippen LogP contribution is -2.37. The Morgan fingerprint density at radius 2 is 1.18 bits per heavy atom. The van der Waals surface area contributed by atoms with E-state index in [2.05, 4.69) is 10.6 Å². The highest BCUT2D eigenvalue weighted by Crippen LogP contribution is 1.88. The Bertz CT molecular complexity index is 379. The third-order valence-corrected chi connectivity index (χ3v) is 2.65. The van der Waals surface area contributed by atoms with Gasteiger partial charge in [0.05, 0.1) is 27.2 Å². The second-order valence-electron chi connectivity index (χ2n) is 4.44. The van der Waals surface area contributed by atoms with Crippen LogP contribution in [0, 0.1) is 20.2 Å². The van der Waals surface area contributed by atoms with Gasteiger partial charge in [-0.15, -0.1) is 10.0 Å². The highest BCUT2D eigenvalue weighted by atomic mass is 16.7. The monoisotopic (exact) mass is 320 g/mol. The number of rotatable bonds is 11. The van der Waals surface area contributed by atoms with E-state index in [4.69, 9.17) is 0 Å². The molecule has 0 heterocycles. The van der Waals surface area contributed by atoms with Crippen molar-refractivity contribution in [3.63, 3.8) is 0 Å². The van der Waals surface area contributed by atoms with E-state index in [0.29, 0.717) is 0 Å². The van der Waals surface area contributed by atoms with Gasteiger partial charge >= 0.3 is 0 Å². The van der Waals surface area contributed by atoms with Gasteiger partial charge in [0, 0.05) is 25.9 Å². The largest absolute Gasteiger partial charge is 0.354 e. The van der Waals surface area contributed by atoms with Crippen LogP contribution in [0.5, 0.6) is 0 Å². The van der Waals surface area contributed by atoms with E-state index in [9.17, 15) is 29.8 Å². The molecule has 12 nitrogen and oxygen atoms in total. The molecule has 0 fully saturated rings. The standard InChI is InChI=1S/C10H20N6O6/c1-13(15(19)20)7-3-9(17)11-5-6-12-10(18)4-8-14(2)16(21)22/h3-8H2,1-2H3,(H,11,17)(H,12,18). The Labute approximate surface area is 126 Å². The van der Waals surface area contributed by atoms with Gasteiger partial charge in [-0.25, -0.2) is 20.2 Å². The highest BCUT2D eigenvalue weighted by Gasteiger charge is 2.11. The van der Waals surface area contributed by atoms with Crippen LogP contribution >= 0.6 is 0 Å². The number of nitrogens with one attached hydrogen (secondary N) is 2. The highest BCUT2D eigenvalue weighted by molar-refractivity contribution is 5.77. The van der Waals surface area contributed by atoms with Gasteiger partial charge in [-0.3, -0.25) is 9.59 Å². The van der Waals surface area contributed by atoms with Crippen LogP contribution in [0.3, 0.4) is 0 Å². The molecule has 0 radical (unpaired) electrons. The van der Waals surface area contributed by atoms with E-state index < -0.39 is 10.1 Å². The molecule has 0 bridgehead atoms. The summed E-state index contributed by atoms with van der Waals surface area (Å²) in [5.74, 6) is -0.730. The number of nitro groups is 2. The fourth-order valence-electron chi connectivity index (χ4n) is 1.27. The number of hydrogen-bond acceptors (Lipinski definition) is 6. The van der Waals surface area contributed by atoms with Crippen molar-refractivity contribution in [1.82, 2.24) is 20.7 Å². The van der Waals surface area contributed by atoms with Crippen molar-refractivity contribution in [2.75, 3.05) is 40.3 Å². The normalized spacial score (nSPS) is 9.73. The molecule has 0 aromatic heterocycles. The Morgan fingerprint density at radius 1 is 0.864 bits per heavy atom. The lowest BCUT2D eigenvalue weighted by Gasteiger charge is -2.10. The van der Waals surface area contributed by atoms with Crippen LogP contribution in [0.25, 0.3) is 0 Å². The molecule has 0 aliphatic carbocycles. The minimum atomic E-state index is -0.616. The van der Waals surface area contributed by atoms with E-state index in [0.717, 1.165) is 10.0 Å². The number of nitrogens with zero attached hydrogens (tertiary/aromatic N) is 4. The van der Waals surface area contributed by atoms with Gasteiger partial charge in [-0.1, -0.05) is 0 Å². The summed E-state index contributed by atoms with van der Waals surface area (Å²) in [5, 5.41) is 26.0. The van der Waals surface area contributed by atoms with Crippen molar-refractivity contribution in [3.8, 4) is 0 Å². The van der Waals surface area contributed by atoms with Gasteiger partial charge in [0.25, 0.3) is 0 Å². The van der Waals surface area contributed by atoms with Crippen molar-refractivity contribution in [2.24, 2.45) is 0 Å². The molecule has 0 atom stereocenters. The average molecular weight is 320 g/mol. The van der Waals surface area contributed by atoms with E-state index in [-0.39, 0.29) is 50.8 Å². The van der Waals surface area contributed by atoms with Crippen LogP contribution in [-0.2, 0) is 9.59 Å². The molecule has 0 saturated heterocycles. The number of amides is 2. The molecule has 0 spiro atoms. The van der Waals surface area contributed by atoms with Crippen LogP contribution in [0.1, 0.15) is 12.8 Å². The number of carbonyl (C=O) groups is 2. The Morgan fingerprint density at radius 3 is 1.45 bits per heavy atom. The first-order chi connectivity index (χ1) is 10.2. The fraction of sp³-hybridized carbons (Fsp3) is 0.800. The molecule has 0 unspecified atom stereocenters. The van der Waals surface area contributed by atoms with E-state index in [1.807, 2.05) is 0 Å². The summed E-state index contributed by atoms with van der Waals surface area (Å²) in [7, 11) is 2.52. The molecular formula is C10H20N6O6. The first kappa shape index (κ1) is 19.3. The molecule has 0 aliphatic rings. The first-order valence-electron chi connectivity index (χ1n) is 6.48. The maximum atomic E-state index is 11.4. The topological polar surface area (TPSA) is 151 Å². The molecule has 0 aromatic rings. The molecule has 2 N–H and O–H groups in total. The van der Waals surface area contributed by atoms with E-state index >= 15 is 0 Å². The summed E-state index contributed by atoms with van der Waals surface area (Å²) < 4.78 is 0. The molecule has 12 heteroatoms. The predicted octanol–water partition coefficient (Wildman–Crippen LogP) is -1.75. The lowest BCUT2D eigenvalue weighted by molar-refractivity contribution is -0.648. The zero-order valence-electron chi connectivity index (χ0n) is 12.5. The van der Waals surface area contributed by atoms with Crippen LogP contribution in [0.2, 0.25) is 0 Å². The lowest BCUT2D eigenvalue weighted by atomic mass is 10.3. The number of hydrazine groups is 2. The van der Waals surface area contributed by atoms with E-state index in [1.54, 1.807) is 0 Å². The second kappa shape index (κ2) is 10.1. The zero-order chi connectivity index (χ0) is 17.1. The zero-order valence-corrected chi connectivity index (χ0v) is 12.5. The second-order valence-corrected chi connectivity index (χ2v) is 4.44. The van der Waals surface area contributed by atoms with E-state index in [1.165, 1.54) is 14.1 Å². The van der Waals surface area contributed by atoms with Crippen molar-refractivity contribution in [1.29, 1.82) is 0 Å². The van der Waals surface area contributed by atoms with Gasteiger partial charge in [-0.2, -0.15) is 0 Å². The summed E-state index contributed by atoms with van der Waals surface area (Å²) in [6.45, 7) is 0.326. The van der Waals surface area contributed by atoms with Crippen molar-refractivity contribution in [2.45, 2.75) is 12.8 Å². The number of carbonyl (C=O) groups excluding carboxylic acids is 2. The third-order valence-electron chi connectivity index (χ3n) is 2.65. The van der Waals surface area contributed by atoms with Gasteiger partial charge in [0.15, 0.2) is 10.1 Å². The maximum Gasteiger partial charge on any atom is 0.222 e. The van der Waals surface area contributed by atoms with Gasteiger partial charge < -0.3 is 10.6 Å². The minimum Gasteiger partial charge on any atom is -0.354 e. The van der Waals surface area contributed by atoms with Crippen molar-refractivity contribution >= 4 is 11.8 Å². The first-order valence-corrected chi connectivity index (χ1v) is 6.48. The van der Waals surface area contributed by atoms with Crippen LogP contribution in [0.4, 0.5) is 0 Å². The van der Waals surface area contributed by atoms with Gasteiger partial charge in [0.2, 0.25) is 11.8 Å². The van der Waals surface area contributed by atoms with Crippen LogP contribution in [-0.4, -0.2) is 72.2 Å². The molecule has 22 heavy (non-hydrogen) atoms. The third kappa shape index (κ3) is 9.28. The predicted molar refractivity (Wildman–Crippen MR) is 74.5 cm³/mol. The summed E-state index contributed by atoms with van der Waals surface area (Å²) in [5.41, 5.74) is 0. The molecule has 0 saturated carbocycles. The average Bonchev–Trinajstić information content (AvgIpc) is 2.46. The minimum absolute atomic E-state index is 0.0155. The van der Waals surface area contributed by atoms with Crippen LogP contribution < -0.4 is 10.6 Å². The SMILES string of the molecule is CN(CCC(=O)NCCNC(=O)CCN(C)[N+](=O)[O-])[N+](=O)[O-]. The molecule has 0 aromatic carbocycles. The molecule has 126 valence electrons. The Balaban J connectivity index is 3.67. The molecule has 2 amide bonds. The van der Waals surface area contributed by atoms with Crippen molar-refractivity contribution in [3.05, 3.63) is 20.2 Å². The molecule has 0 aliphatic heterocycles. The number of hydrogen-bond donors (Lipinski definition) is 2. The smallest absolute Gasteiger partial charge is 0.222 e. The van der Waals surface area contributed by atoms with Gasteiger partial charge in [-0.05, 0) is 0 Å². The molecular weight excluding hydrogens is 300 g/mol. The van der Waals surface area contributed by atoms with Crippen molar-refractivity contribution < 1.29 is 19.7 Å². The fourth-order valence-corrected chi connectivity index (χ4v) is 1.27. The van der Waals surface area contributed by atoms with Crippen LogP contribution in [0.15, 0.2) is 0 Å².